The molecule has 0 rings (SSSR count). The zero-order valence-corrected chi connectivity index (χ0v) is 20.6. The number of quaternary nitrogens is 1. The van der Waals surface area contributed by atoms with E-state index < -0.39 is 30.0 Å². The van der Waals surface area contributed by atoms with E-state index >= 15 is 0 Å². The number of guanidine groups is 2. The van der Waals surface area contributed by atoms with Crippen LogP contribution in [0.25, 0.3) is 0 Å². The van der Waals surface area contributed by atoms with Crippen LogP contribution in [0, 0.1) is 10.8 Å². The second-order valence-corrected chi connectivity index (χ2v) is 7.93. The quantitative estimate of drug-likeness (QED) is 0.0608. The van der Waals surface area contributed by atoms with Gasteiger partial charge in [0.25, 0.3) is 0 Å². The number of likely N-dealkylation sites (N-methyl/N-ethyl adjacent to an activating group) is 2. The summed E-state index contributed by atoms with van der Waals surface area (Å²) in [5, 5.41) is 48.8. The zero-order chi connectivity index (χ0) is 28.1. The number of nitrogens with two attached hydrogens (primary N) is 4. The molecule has 0 aromatic heterocycles. The molecule has 34 heavy (non-hydrogen) atoms. The molecule has 0 aliphatic heterocycles. The van der Waals surface area contributed by atoms with Crippen LogP contribution < -0.4 is 28.3 Å². The highest BCUT2D eigenvalue weighted by Gasteiger charge is 2.09. The van der Waals surface area contributed by atoms with Crippen LogP contribution in [0.3, 0.4) is 0 Å². The Balaban J connectivity index is -0.000000183. The molecule has 0 bridgehead atoms. The highest BCUT2D eigenvalue weighted by atomic mass is 16.4. The highest BCUT2D eigenvalue weighted by molar-refractivity contribution is 5.80. The SMILES string of the molecule is CC(N)C(=O)O.CN(CC(=O)O)C(=N)N.C[N+](C)(C)CCO.N=C(N)NCCCC(N)C(=O)O. The van der Waals surface area contributed by atoms with E-state index in [9.17, 15) is 14.4 Å². The first-order valence-corrected chi connectivity index (χ1v) is 10.0. The number of carboxylic acid groups (broad SMARTS) is 3. The Morgan fingerprint density at radius 1 is 1.03 bits per heavy atom. The molecule has 16 heteroatoms. The summed E-state index contributed by atoms with van der Waals surface area (Å²) < 4.78 is 0.844. The number of nitrogens with one attached hydrogen (secondary N) is 3. The second-order valence-electron chi connectivity index (χ2n) is 7.93. The molecule has 0 radical (unpaired) electrons. The summed E-state index contributed by atoms with van der Waals surface area (Å²) in [6, 6.07) is -1.55. The fourth-order valence-corrected chi connectivity index (χ4v) is 1.26. The summed E-state index contributed by atoms with van der Waals surface area (Å²) in [6.45, 7) is 2.79. The molecular weight excluding hydrogens is 454 g/mol. The summed E-state index contributed by atoms with van der Waals surface area (Å²) in [6.07, 6.45) is 0.975. The number of rotatable bonds is 10. The lowest BCUT2D eigenvalue weighted by Gasteiger charge is -2.21. The van der Waals surface area contributed by atoms with Crippen molar-refractivity contribution in [3.63, 3.8) is 0 Å². The van der Waals surface area contributed by atoms with Crippen molar-refractivity contribution in [2.45, 2.75) is 31.8 Å². The predicted octanol–water partition coefficient (Wildman–Crippen LogP) is -3.34. The van der Waals surface area contributed by atoms with E-state index in [0.717, 1.165) is 15.9 Å². The van der Waals surface area contributed by atoms with E-state index in [1.807, 2.05) is 0 Å². The molecule has 0 amide bonds. The van der Waals surface area contributed by atoms with Crippen LogP contribution in [0.2, 0.25) is 0 Å². The summed E-state index contributed by atoms with van der Waals surface area (Å²) in [5.41, 5.74) is 20.0. The van der Waals surface area contributed by atoms with E-state index in [1.165, 1.54) is 14.0 Å². The van der Waals surface area contributed by atoms with Gasteiger partial charge in [-0.05, 0) is 19.8 Å². The molecule has 0 aliphatic rings. The average molecular weight is 499 g/mol. The third-order valence-electron chi connectivity index (χ3n) is 3.27. The summed E-state index contributed by atoms with van der Waals surface area (Å²) >= 11 is 0. The van der Waals surface area contributed by atoms with Crippen molar-refractivity contribution in [2.75, 3.05) is 54.4 Å². The third kappa shape index (κ3) is 39.3. The molecule has 0 aromatic carbocycles. The number of aliphatic carboxylic acids is 3. The van der Waals surface area contributed by atoms with Crippen LogP contribution in [-0.4, -0.2) is 126 Å². The van der Waals surface area contributed by atoms with E-state index in [1.54, 1.807) is 0 Å². The number of carboxylic acids is 3. The van der Waals surface area contributed by atoms with Crippen molar-refractivity contribution in [2.24, 2.45) is 22.9 Å². The molecule has 0 heterocycles. The van der Waals surface area contributed by atoms with Gasteiger partial charge >= 0.3 is 17.9 Å². The van der Waals surface area contributed by atoms with Gasteiger partial charge in [0.05, 0.1) is 27.7 Å². The first-order chi connectivity index (χ1) is 15.3. The van der Waals surface area contributed by atoms with Crippen LogP contribution in [0.4, 0.5) is 0 Å². The number of hydrogen-bond donors (Lipinski definition) is 11. The standard InChI is InChI=1S/C6H14N4O2.C5H14NO.C4H9N3O2.C3H7NO2/c7-4(5(11)12)2-1-3-10-6(8)9;1-6(2,3)4-5-7;1-7(4(5)6)2-3(8)9;1-2(4)3(5)6/h4H,1-3,7H2,(H,11,12)(H4,8,9,10);7H,4-5H2,1-3H3;2H2,1H3,(H3,5,6)(H,8,9);2H,4H2,1H3,(H,5,6)/q;+1;;. The minimum atomic E-state index is -1.00. The lowest BCUT2D eigenvalue weighted by atomic mass is 10.2. The topological polar surface area (TPSA) is 299 Å². The average Bonchev–Trinajstić information content (AvgIpc) is 2.64. The number of carbonyl (C=O) groups is 3. The van der Waals surface area contributed by atoms with Crippen LogP contribution in [0.1, 0.15) is 19.8 Å². The van der Waals surface area contributed by atoms with Gasteiger partial charge in [-0.1, -0.05) is 0 Å². The third-order valence-corrected chi connectivity index (χ3v) is 3.27. The van der Waals surface area contributed by atoms with Crippen molar-refractivity contribution < 1.29 is 39.3 Å². The summed E-state index contributed by atoms with van der Waals surface area (Å²) in [7, 11) is 7.60. The molecule has 16 nitrogen and oxygen atoms in total. The maximum atomic E-state index is 10.2. The Kier molecular flexibility index (Phi) is 24.2. The van der Waals surface area contributed by atoms with E-state index in [2.05, 4.69) is 26.5 Å². The van der Waals surface area contributed by atoms with Crippen molar-refractivity contribution >= 4 is 29.8 Å². The van der Waals surface area contributed by atoms with Gasteiger partial charge in [-0.3, -0.25) is 25.2 Å². The minimum absolute atomic E-state index is 0.112. The molecule has 0 aromatic rings. The largest absolute Gasteiger partial charge is 0.480 e. The highest BCUT2D eigenvalue weighted by Crippen LogP contribution is 1.92. The number of aliphatic hydroxyl groups excluding tert-OH is 1. The molecule has 0 saturated heterocycles. The van der Waals surface area contributed by atoms with Crippen molar-refractivity contribution in [3.8, 4) is 0 Å². The first-order valence-electron chi connectivity index (χ1n) is 10.0. The van der Waals surface area contributed by atoms with Gasteiger partial charge in [0.1, 0.15) is 25.2 Å². The van der Waals surface area contributed by atoms with E-state index in [4.69, 9.17) is 54.2 Å². The van der Waals surface area contributed by atoms with Crippen molar-refractivity contribution in [1.29, 1.82) is 10.8 Å². The molecule has 0 aliphatic carbocycles. The van der Waals surface area contributed by atoms with Crippen LogP contribution in [0.5, 0.6) is 0 Å². The smallest absolute Gasteiger partial charge is 0.323 e. The molecule has 2 atom stereocenters. The Bertz CT molecular complexity index is 611. The van der Waals surface area contributed by atoms with Crippen LogP contribution >= 0.6 is 0 Å². The van der Waals surface area contributed by atoms with Gasteiger partial charge in [-0.2, -0.15) is 0 Å². The molecule has 0 fully saturated rings. The fourth-order valence-electron chi connectivity index (χ4n) is 1.26. The second kappa shape index (κ2) is 21.6. The predicted molar refractivity (Wildman–Crippen MR) is 128 cm³/mol. The van der Waals surface area contributed by atoms with Gasteiger partial charge < -0.3 is 58.1 Å². The molecule has 0 saturated carbocycles. The number of nitrogens with zero attached hydrogens (tertiary/aromatic N) is 2. The Morgan fingerprint density at radius 2 is 1.47 bits per heavy atom. The van der Waals surface area contributed by atoms with Gasteiger partial charge in [0.15, 0.2) is 11.9 Å². The van der Waals surface area contributed by atoms with Crippen molar-refractivity contribution in [3.05, 3.63) is 0 Å². The molecule has 15 N–H and O–H groups in total. The van der Waals surface area contributed by atoms with Crippen LogP contribution in [-0.2, 0) is 14.4 Å². The van der Waals surface area contributed by atoms with Crippen LogP contribution in [0.15, 0.2) is 0 Å². The molecule has 2 unspecified atom stereocenters. The van der Waals surface area contributed by atoms with Crippen molar-refractivity contribution in [1.82, 2.24) is 10.2 Å². The Labute approximate surface area is 200 Å². The summed E-state index contributed by atoms with van der Waals surface area (Å²) in [5.74, 6) is -3.31. The lowest BCUT2D eigenvalue weighted by Crippen LogP contribution is -2.36. The number of aliphatic hydroxyl groups is 1. The molecule has 0 spiro atoms. The van der Waals surface area contributed by atoms with Gasteiger partial charge in [-0.25, -0.2) is 0 Å². The number of hydrogen-bond acceptors (Lipinski definition) is 8. The van der Waals surface area contributed by atoms with Gasteiger partial charge in [0.2, 0.25) is 0 Å². The first kappa shape index (κ1) is 38.1. The molecule has 202 valence electrons. The van der Waals surface area contributed by atoms with Gasteiger partial charge in [0, 0.05) is 13.6 Å². The fraction of sp³-hybridized carbons (Fsp3) is 0.722. The Hall–Kier alpha value is -3.21. The Morgan fingerprint density at radius 3 is 1.65 bits per heavy atom. The normalized spacial score (nSPS) is 11.4. The monoisotopic (exact) mass is 498 g/mol. The maximum Gasteiger partial charge on any atom is 0.323 e. The van der Waals surface area contributed by atoms with E-state index in [-0.39, 0.29) is 25.1 Å². The lowest BCUT2D eigenvalue weighted by molar-refractivity contribution is -0.870. The summed E-state index contributed by atoms with van der Waals surface area (Å²) in [4.78, 5) is 30.8. The zero-order valence-electron chi connectivity index (χ0n) is 20.6. The maximum absolute atomic E-state index is 10.2. The van der Waals surface area contributed by atoms with Gasteiger partial charge in [-0.15, -0.1) is 0 Å². The van der Waals surface area contributed by atoms with E-state index in [0.29, 0.717) is 19.4 Å². The molecular formula is C18H44N9O7+. The minimum Gasteiger partial charge on any atom is -0.480 e.